The van der Waals surface area contributed by atoms with Crippen LogP contribution in [-0.2, 0) is 5.75 Å². The van der Waals surface area contributed by atoms with Gasteiger partial charge in [-0.05, 0) is 40.6 Å². The molecule has 4 rings (SSSR count). The number of halogens is 1. The van der Waals surface area contributed by atoms with Crippen LogP contribution in [-0.4, -0.2) is 21.7 Å². The van der Waals surface area contributed by atoms with E-state index in [-0.39, 0.29) is 17.4 Å². The van der Waals surface area contributed by atoms with Gasteiger partial charge >= 0.3 is 0 Å². The molecule has 7 heteroatoms. The Morgan fingerprint density at radius 3 is 2.43 bits per heavy atom. The summed E-state index contributed by atoms with van der Waals surface area (Å²) in [5.74, 6) is 0.676. The summed E-state index contributed by atoms with van der Waals surface area (Å²) in [5.41, 5.74) is 1.77. The van der Waals surface area contributed by atoms with Gasteiger partial charge in [0.15, 0.2) is 14.5 Å². The van der Waals surface area contributed by atoms with Gasteiger partial charge in [-0.25, -0.2) is 4.39 Å². The molecule has 1 aromatic heterocycles. The highest BCUT2D eigenvalue weighted by molar-refractivity contribution is 8.03. The number of thioether (sulfide) groups is 2. The minimum Gasteiger partial charge on any atom is -0.293 e. The zero-order valence-corrected chi connectivity index (χ0v) is 17.1. The second-order valence-electron chi connectivity index (χ2n) is 5.98. The van der Waals surface area contributed by atoms with Gasteiger partial charge in [-0.15, -0.1) is 10.2 Å². The molecule has 3 aromatic carbocycles. The maximum Gasteiger partial charge on any atom is 0.175 e. The second-order valence-corrected chi connectivity index (χ2v) is 9.40. The van der Waals surface area contributed by atoms with Crippen molar-refractivity contribution < 1.29 is 9.18 Å². The zero-order chi connectivity index (χ0) is 19.3. The molecule has 0 N–H and O–H groups in total. The topological polar surface area (TPSA) is 42.9 Å². The number of ketones is 1. The Bertz CT molecular complexity index is 1110. The third-order valence-electron chi connectivity index (χ3n) is 4.11. The molecule has 0 bridgehead atoms. The third-order valence-corrected chi connectivity index (χ3v) is 7.35. The SMILES string of the molecule is O=C(CSc1nnc(SCc2cccc3ccccc23)s1)c1ccc(F)cc1. The predicted octanol–water partition coefficient (Wildman–Crippen LogP) is 6.10. The van der Waals surface area contributed by atoms with E-state index in [0.29, 0.717) is 5.56 Å². The van der Waals surface area contributed by atoms with E-state index in [1.165, 1.54) is 63.7 Å². The van der Waals surface area contributed by atoms with Crippen molar-refractivity contribution in [3.63, 3.8) is 0 Å². The first-order valence-electron chi connectivity index (χ1n) is 8.53. The van der Waals surface area contributed by atoms with E-state index in [1.807, 2.05) is 12.1 Å². The van der Waals surface area contributed by atoms with Gasteiger partial charge in [0.25, 0.3) is 0 Å². The Morgan fingerprint density at radius 1 is 0.893 bits per heavy atom. The number of carbonyl (C=O) groups excluding carboxylic acids is 1. The monoisotopic (exact) mass is 426 g/mol. The van der Waals surface area contributed by atoms with Crippen LogP contribution in [0.4, 0.5) is 4.39 Å². The van der Waals surface area contributed by atoms with E-state index >= 15 is 0 Å². The molecule has 4 aromatic rings. The quantitative estimate of drug-likeness (QED) is 0.264. The van der Waals surface area contributed by atoms with Crippen molar-refractivity contribution >= 4 is 51.4 Å². The van der Waals surface area contributed by atoms with Gasteiger partial charge in [0.2, 0.25) is 0 Å². The molecule has 1 heterocycles. The number of fused-ring (bicyclic) bond motifs is 1. The van der Waals surface area contributed by atoms with Crippen LogP contribution < -0.4 is 0 Å². The molecule has 0 fully saturated rings. The van der Waals surface area contributed by atoms with Gasteiger partial charge in [-0.1, -0.05) is 77.3 Å². The molecule has 0 saturated heterocycles. The molecule has 28 heavy (non-hydrogen) atoms. The fourth-order valence-electron chi connectivity index (χ4n) is 2.72. The van der Waals surface area contributed by atoms with Gasteiger partial charge in [-0.2, -0.15) is 0 Å². The first kappa shape index (κ1) is 19.1. The Morgan fingerprint density at radius 2 is 1.61 bits per heavy atom. The molecule has 140 valence electrons. The van der Waals surface area contributed by atoms with Gasteiger partial charge in [-0.3, -0.25) is 4.79 Å². The number of nitrogens with zero attached hydrogens (tertiary/aromatic N) is 2. The molecular formula is C21H15FN2OS3. The number of hydrogen-bond donors (Lipinski definition) is 0. The van der Waals surface area contributed by atoms with Crippen LogP contribution in [0.1, 0.15) is 15.9 Å². The first-order valence-corrected chi connectivity index (χ1v) is 11.3. The predicted molar refractivity (Wildman–Crippen MR) is 115 cm³/mol. The summed E-state index contributed by atoms with van der Waals surface area (Å²) in [6.07, 6.45) is 0. The van der Waals surface area contributed by atoms with E-state index in [9.17, 15) is 9.18 Å². The van der Waals surface area contributed by atoms with Crippen molar-refractivity contribution in [1.29, 1.82) is 0 Å². The van der Waals surface area contributed by atoms with Gasteiger partial charge < -0.3 is 0 Å². The fourth-order valence-corrected chi connectivity index (χ4v) is 5.64. The minimum absolute atomic E-state index is 0.0508. The van der Waals surface area contributed by atoms with Crippen LogP contribution in [0.15, 0.2) is 75.4 Å². The highest BCUT2D eigenvalue weighted by Crippen LogP contribution is 2.32. The summed E-state index contributed by atoms with van der Waals surface area (Å²) < 4.78 is 14.6. The second kappa shape index (κ2) is 8.86. The van der Waals surface area contributed by atoms with E-state index in [1.54, 1.807) is 11.8 Å². The molecule has 0 spiro atoms. The number of benzene rings is 3. The van der Waals surface area contributed by atoms with Gasteiger partial charge in [0.1, 0.15) is 5.82 Å². The number of carbonyl (C=O) groups is 1. The minimum atomic E-state index is -0.346. The van der Waals surface area contributed by atoms with Crippen LogP contribution in [0.5, 0.6) is 0 Å². The summed E-state index contributed by atoms with van der Waals surface area (Å²) in [6, 6.07) is 20.3. The van der Waals surface area contributed by atoms with Crippen LogP contribution >= 0.6 is 34.9 Å². The van der Waals surface area contributed by atoms with E-state index < -0.39 is 0 Å². The van der Waals surface area contributed by atoms with E-state index in [4.69, 9.17) is 0 Å². The van der Waals surface area contributed by atoms with Crippen molar-refractivity contribution in [2.45, 2.75) is 14.4 Å². The molecule has 0 aliphatic rings. The Hall–Kier alpha value is -2.22. The fraction of sp³-hybridized carbons (Fsp3) is 0.0952. The van der Waals surface area contributed by atoms with Crippen molar-refractivity contribution in [3.05, 3.63) is 83.7 Å². The Labute approximate surface area is 174 Å². The average molecular weight is 427 g/mol. The normalized spacial score (nSPS) is 11.0. The molecule has 0 saturated carbocycles. The van der Waals surface area contributed by atoms with Crippen molar-refractivity contribution in [3.8, 4) is 0 Å². The number of aromatic nitrogens is 2. The molecule has 0 aliphatic carbocycles. The molecule has 0 atom stereocenters. The van der Waals surface area contributed by atoms with Crippen LogP contribution in [0.2, 0.25) is 0 Å². The molecule has 0 aliphatic heterocycles. The molecule has 3 nitrogen and oxygen atoms in total. The molecule has 0 unspecified atom stereocenters. The maximum absolute atomic E-state index is 12.9. The largest absolute Gasteiger partial charge is 0.293 e. The lowest BCUT2D eigenvalue weighted by Crippen LogP contribution is -2.01. The lowest BCUT2D eigenvalue weighted by Gasteiger charge is -2.04. The number of rotatable bonds is 7. The summed E-state index contributed by atoms with van der Waals surface area (Å²) in [7, 11) is 0. The summed E-state index contributed by atoms with van der Waals surface area (Å²) in [6.45, 7) is 0. The molecular weight excluding hydrogens is 411 g/mol. The smallest absolute Gasteiger partial charge is 0.175 e. The van der Waals surface area contributed by atoms with E-state index in [0.717, 1.165) is 14.4 Å². The Balaban J connectivity index is 1.35. The molecule has 0 amide bonds. The van der Waals surface area contributed by atoms with Crippen molar-refractivity contribution in [2.24, 2.45) is 0 Å². The highest BCUT2D eigenvalue weighted by Gasteiger charge is 2.11. The standard InChI is InChI=1S/C21H15FN2OS3/c22-17-10-8-15(9-11-17)19(25)13-27-21-24-23-20(28-21)26-12-16-6-3-5-14-4-1-2-7-18(14)16/h1-11H,12-13H2. The number of Topliss-reactive ketones (excluding diaryl/α,β-unsaturated/α-hetero) is 1. The molecule has 0 radical (unpaired) electrons. The first-order chi connectivity index (χ1) is 13.7. The van der Waals surface area contributed by atoms with Crippen molar-refractivity contribution in [2.75, 3.05) is 5.75 Å². The summed E-state index contributed by atoms with van der Waals surface area (Å²) in [4.78, 5) is 12.2. The van der Waals surface area contributed by atoms with Gasteiger partial charge in [0, 0.05) is 11.3 Å². The van der Waals surface area contributed by atoms with Gasteiger partial charge in [0.05, 0.1) is 5.75 Å². The Kier molecular flexibility index (Phi) is 6.04. The van der Waals surface area contributed by atoms with Crippen molar-refractivity contribution in [1.82, 2.24) is 10.2 Å². The number of hydrogen-bond acceptors (Lipinski definition) is 6. The lowest BCUT2D eigenvalue weighted by molar-refractivity contribution is 0.102. The third kappa shape index (κ3) is 4.60. The lowest BCUT2D eigenvalue weighted by atomic mass is 10.1. The van der Waals surface area contributed by atoms with Crippen LogP contribution in [0.3, 0.4) is 0 Å². The maximum atomic E-state index is 12.9. The average Bonchev–Trinajstić information content (AvgIpc) is 3.19. The summed E-state index contributed by atoms with van der Waals surface area (Å²) in [5, 5.41) is 10.9. The zero-order valence-electron chi connectivity index (χ0n) is 14.7. The highest BCUT2D eigenvalue weighted by atomic mass is 32.2. The van der Waals surface area contributed by atoms with Crippen LogP contribution in [0.25, 0.3) is 10.8 Å². The van der Waals surface area contributed by atoms with E-state index in [2.05, 4.69) is 40.5 Å². The summed E-state index contributed by atoms with van der Waals surface area (Å²) >= 11 is 4.50. The van der Waals surface area contributed by atoms with Crippen LogP contribution in [0, 0.1) is 5.82 Å².